The van der Waals surface area contributed by atoms with E-state index in [9.17, 15) is 0 Å². The Kier molecular flexibility index (Phi) is 2.32. The molecule has 0 spiro atoms. The van der Waals surface area contributed by atoms with Crippen molar-refractivity contribution >= 4 is 11.5 Å². The summed E-state index contributed by atoms with van der Waals surface area (Å²) in [5.41, 5.74) is 7.36. The van der Waals surface area contributed by atoms with E-state index in [1.807, 2.05) is 19.1 Å². The Labute approximate surface area is 84.7 Å². The van der Waals surface area contributed by atoms with Gasteiger partial charge in [-0.1, -0.05) is 0 Å². The molecule has 1 heterocycles. The quantitative estimate of drug-likeness (QED) is 0.770. The van der Waals surface area contributed by atoms with E-state index < -0.39 is 0 Å². The highest BCUT2D eigenvalue weighted by molar-refractivity contribution is 5.49. The average molecular weight is 191 g/mol. The molecule has 0 saturated heterocycles. The molecule has 1 atom stereocenters. The maximum absolute atomic E-state index is 5.70. The van der Waals surface area contributed by atoms with Crippen LogP contribution in [0.3, 0.4) is 0 Å². The first-order valence-corrected chi connectivity index (χ1v) is 5.16. The summed E-state index contributed by atoms with van der Waals surface area (Å²) in [4.78, 5) is 4.39. The van der Waals surface area contributed by atoms with Gasteiger partial charge in [0.2, 0.25) is 0 Å². The van der Waals surface area contributed by atoms with Crippen molar-refractivity contribution < 1.29 is 0 Å². The van der Waals surface area contributed by atoms with Gasteiger partial charge in [0.05, 0.1) is 11.4 Å². The van der Waals surface area contributed by atoms with Crippen molar-refractivity contribution in [1.29, 1.82) is 0 Å². The van der Waals surface area contributed by atoms with Gasteiger partial charge in [0.1, 0.15) is 5.82 Å². The van der Waals surface area contributed by atoms with Crippen LogP contribution < -0.4 is 11.1 Å². The summed E-state index contributed by atoms with van der Waals surface area (Å²) in [6.07, 6.45) is 2.70. The van der Waals surface area contributed by atoms with Crippen LogP contribution in [-0.2, 0) is 0 Å². The number of nitrogens with two attached hydrogens (primary N) is 1. The van der Waals surface area contributed by atoms with Crippen molar-refractivity contribution in [1.82, 2.24) is 4.98 Å². The molecule has 3 heteroatoms. The second-order valence-corrected chi connectivity index (χ2v) is 4.14. The van der Waals surface area contributed by atoms with Crippen LogP contribution in [-0.4, -0.2) is 11.0 Å². The summed E-state index contributed by atoms with van der Waals surface area (Å²) in [7, 11) is 0. The van der Waals surface area contributed by atoms with Gasteiger partial charge in [-0.15, -0.1) is 0 Å². The second-order valence-electron chi connectivity index (χ2n) is 4.14. The Balaban J connectivity index is 2.04. The van der Waals surface area contributed by atoms with Crippen LogP contribution in [0.1, 0.15) is 25.5 Å². The zero-order chi connectivity index (χ0) is 10.1. The van der Waals surface area contributed by atoms with Crippen LogP contribution in [0, 0.1) is 12.8 Å². The Morgan fingerprint density at radius 2 is 2.21 bits per heavy atom. The molecule has 1 saturated carbocycles. The molecule has 1 aromatic heterocycles. The van der Waals surface area contributed by atoms with E-state index in [4.69, 9.17) is 5.73 Å². The van der Waals surface area contributed by atoms with Crippen molar-refractivity contribution in [3.05, 3.63) is 17.8 Å². The molecule has 1 fully saturated rings. The minimum atomic E-state index is 0.533. The van der Waals surface area contributed by atoms with Gasteiger partial charge in [0, 0.05) is 6.04 Å². The number of nitrogens with one attached hydrogen (secondary N) is 1. The Morgan fingerprint density at radius 3 is 2.79 bits per heavy atom. The fourth-order valence-corrected chi connectivity index (χ4v) is 1.60. The van der Waals surface area contributed by atoms with E-state index in [-0.39, 0.29) is 0 Å². The van der Waals surface area contributed by atoms with Crippen LogP contribution >= 0.6 is 0 Å². The zero-order valence-corrected chi connectivity index (χ0v) is 8.75. The zero-order valence-electron chi connectivity index (χ0n) is 8.75. The number of nitrogens with zero attached hydrogens (tertiary/aromatic N) is 1. The van der Waals surface area contributed by atoms with E-state index >= 15 is 0 Å². The van der Waals surface area contributed by atoms with Crippen molar-refractivity contribution in [3.8, 4) is 0 Å². The molecule has 1 aliphatic carbocycles. The molecule has 0 radical (unpaired) electrons. The minimum Gasteiger partial charge on any atom is -0.397 e. The van der Waals surface area contributed by atoms with Crippen molar-refractivity contribution in [2.75, 3.05) is 11.1 Å². The van der Waals surface area contributed by atoms with E-state index in [1.54, 1.807) is 0 Å². The molecule has 0 aromatic carbocycles. The average Bonchev–Trinajstić information content (AvgIpc) is 2.94. The molecule has 1 unspecified atom stereocenters. The first-order valence-electron chi connectivity index (χ1n) is 5.16. The Hall–Kier alpha value is -1.25. The number of hydrogen-bond acceptors (Lipinski definition) is 3. The highest BCUT2D eigenvalue weighted by atomic mass is 15.0. The summed E-state index contributed by atoms with van der Waals surface area (Å²) in [6.45, 7) is 4.15. The third kappa shape index (κ3) is 1.97. The number of aryl methyl sites for hydroxylation is 1. The molecule has 0 amide bonds. The van der Waals surface area contributed by atoms with Crippen LogP contribution in [0.25, 0.3) is 0 Å². The number of hydrogen-bond donors (Lipinski definition) is 2. The molecule has 0 bridgehead atoms. The first kappa shape index (κ1) is 9.31. The number of rotatable bonds is 3. The third-order valence-electron chi connectivity index (χ3n) is 2.83. The number of pyridine rings is 1. The lowest BCUT2D eigenvalue weighted by Gasteiger charge is -2.14. The molecule has 3 N–H and O–H groups in total. The maximum Gasteiger partial charge on any atom is 0.126 e. The van der Waals surface area contributed by atoms with E-state index in [2.05, 4.69) is 17.2 Å². The summed E-state index contributed by atoms with van der Waals surface area (Å²) in [5, 5.41) is 3.41. The van der Waals surface area contributed by atoms with Crippen LogP contribution in [0.2, 0.25) is 0 Å². The van der Waals surface area contributed by atoms with Crippen LogP contribution in [0.15, 0.2) is 12.1 Å². The van der Waals surface area contributed by atoms with Gasteiger partial charge < -0.3 is 11.1 Å². The molecule has 14 heavy (non-hydrogen) atoms. The summed E-state index contributed by atoms with van der Waals surface area (Å²) in [6, 6.07) is 4.39. The van der Waals surface area contributed by atoms with Gasteiger partial charge in [0.15, 0.2) is 0 Å². The highest BCUT2D eigenvalue weighted by Gasteiger charge is 2.27. The summed E-state index contributed by atoms with van der Waals surface area (Å²) in [5.74, 6) is 1.78. The van der Waals surface area contributed by atoms with Crippen LogP contribution in [0.4, 0.5) is 11.5 Å². The third-order valence-corrected chi connectivity index (χ3v) is 2.83. The molecule has 0 aliphatic heterocycles. The predicted octanol–water partition coefficient (Wildman–Crippen LogP) is 2.18. The molecule has 1 aromatic rings. The molecule has 2 rings (SSSR count). The number of nitrogen functional groups attached to an aromatic ring is 1. The fraction of sp³-hybridized carbons (Fsp3) is 0.545. The molecular weight excluding hydrogens is 174 g/mol. The lowest BCUT2D eigenvalue weighted by atomic mass is 10.2. The first-order chi connectivity index (χ1) is 6.66. The topological polar surface area (TPSA) is 50.9 Å². The molecule has 1 aliphatic rings. The van der Waals surface area contributed by atoms with E-state index in [1.165, 1.54) is 12.8 Å². The van der Waals surface area contributed by atoms with Crippen molar-refractivity contribution in [3.63, 3.8) is 0 Å². The Morgan fingerprint density at radius 1 is 1.50 bits per heavy atom. The smallest absolute Gasteiger partial charge is 0.126 e. The van der Waals surface area contributed by atoms with Gasteiger partial charge in [-0.2, -0.15) is 0 Å². The van der Waals surface area contributed by atoms with Crippen molar-refractivity contribution in [2.24, 2.45) is 5.92 Å². The Bertz CT molecular complexity index is 331. The van der Waals surface area contributed by atoms with E-state index in [0.717, 1.165) is 23.1 Å². The number of aromatic nitrogens is 1. The van der Waals surface area contributed by atoms with E-state index in [0.29, 0.717) is 6.04 Å². The van der Waals surface area contributed by atoms with Gasteiger partial charge in [-0.25, -0.2) is 4.98 Å². The normalized spacial score (nSPS) is 17.9. The highest BCUT2D eigenvalue weighted by Crippen LogP contribution is 2.33. The van der Waals surface area contributed by atoms with Crippen molar-refractivity contribution in [2.45, 2.75) is 32.7 Å². The molecular formula is C11H17N3. The van der Waals surface area contributed by atoms with Gasteiger partial charge >= 0.3 is 0 Å². The summed E-state index contributed by atoms with van der Waals surface area (Å²) >= 11 is 0. The SMILES string of the molecule is Cc1nc(NC(C)C2CC2)ccc1N. The summed E-state index contributed by atoms with van der Waals surface area (Å²) < 4.78 is 0. The fourth-order valence-electron chi connectivity index (χ4n) is 1.60. The molecule has 3 nitrogen and oxygen atoms in total. The minimum absolute atomic E-state index is 0.533. The monoisotopic (exact) mass is 191 g/mol. The van der Waals surface area contributed by atoms with Gasteiger partial charge in [-0.3, -0.25) is 0 Å². The number of anilines is 2. The second kappa shape index (κ2) is 3.48. The predicted molar refractivity (Wildman–Crippen MR) is 59.2 cm³/mol. The largest absolute Gasteiger partial charge is 0.397 e. The lowest BCUT2D eigenvalue weighted by molar-refractivity contribution is 0.690. The van der Waals surface area contributed by atoms with Gasteiger partial charge in [-0.05, 0) is 44.7 Å². The van der Waals surface area contributed by atoms with Gasteiger partial charge in [0.25, 0.3) is 0 Å². The van der Waals surface area contributed by atoms with Crippen LogP contribution in [0.5, 0.6) is 0 Å². The standard InChI is InChI=1S/C11H17N3/c1-7(9-3-4-9)13-11-6-5-10(12)8(2)14-11/h5-7,9H,3-4,12H2,1-2H3,(H,13,14). The maximum atomic E-state index is 5.70. The molecule has 76 valence electrons. The lowest BCUT2D eigenvalue weighted by Crippen LogP contribution is -2.18.